The second-order valence-electron chi connectivity index (χ2n) is 1.79. The van der Waals surface area contributed by atoms with E-state index in [4.69, 9.17) is 10.8 Å². The summed E-state index contributed by atoms with van der Waals surface area (Å²) in [5.74, 6) is 0.566. The number of nitrogen functional groups attached to an aromatic ring is 1. The average Bonchev–Trinajstić information content (AvgIpc) is 1.95. The van der Waals surface area contributed by atoms with Crippen LogP contribution in [0.4, 0.5) is 5.69 Å². The van der Waals surface area contributed by atoms with Gasteiger partial charge in [-0.2, -0.15) is 0 Å². The van der Waals surface area contributed by atoms with Crippen molar-refractivity contribution in [1.82, 2.24) is 0 Å². The summed E-state index contributed by atoms with van der Waals surface area (Å²) in [6.45, 7) is 0. The number of hydrogen-bond donors (Lipinski definition) is 2. The van der Waals surface area contributed by atoms with E-state index in [2.05, 4.69) is 4.65 Å². The van der Waals surface area contributed by atoms with Crippen molar-refractivity contribution in [1.29, 1.82) is 0 Å². The third-order valence-electron chi connectivity index (χ3n) is 1.07. The molecule has 0 fully saturated rings. The van der Waals surface area contributed by atoms with Gasteiger partial charge in [0.2, 0.25) is 0 Å². The van der Waals surface area contributed by atoms with E-state index in [0.29, 0.717) is 19.1 Å². The SMILES string of the molecule is Nc1ccc(O[B]O)cc1. The average molecular weight is 136 g/mol. The van der Waals surface area contributed by atoms with Gasteiger partial charge in [-0.3, -0.25) is 0 Å². The highest BCUT2D eigenvalue weighted by Gasteiger charge is 1.91. The van der Waals surface area contributed by atoms with Gasteiger partial charge < -0.3 is 15.4 Å². The highest BCUT2D eigenvalue weighted by Crippen LogP contribution is 2.11. The smallest absolute Gasteiger partial charge is 0.537 e. The van der Waals surface area contributed by atoms with E-state index in [1.165, 1.54) is 0 Å². The topological polar surface area (TPSA) is 55.5 Å². The molecule has 0 aliphatic rings. The van der Waals surface area contributed by atoms with E-state index < -0.39 is 0 Å². The lowest BCUT2D eigenvalue weighted by Gasteiger charge is -1.99. The first-order valence-electron chi connectivity index (χ1n) is 2.81. The minimum absolute atomic E-state index is 0.566. The van der Waals surface area contributed by atoms with Crippen molar-refractivity contribution in [2.75, 3.05) is 5.73 Å². The van der Waals surface area contributed by atoms with E-state index in [9.17, 15) is 0 Å². The molecule has 51 valence electrons. The summed E-state index contributed by atoms with van der Waals surface area (Å²) in [5, 5.41) is 8.21. The third kappa shape index (κ3) is 1.67. The summed E-state index contributed by atoms with van der Waals surface area (Å²) in [4.78, 5) is 0. The fraction of sp³-hybridized carbons (Fsp3) is 0. The molecule has 1 radical (unpaired) electrons. The molecule has 0 spiro atoms. The number of rotatable bonds is 2. The molecule has 3 nitrogen and oxygen atoms in total. The quantitative estimate of drug-likeness (QED) is 0.450. The Kier molecular flexibility index (Phi) is 2.17. The molecule has 0 aromatic heterocycles. The highest BCUT2D eigenvalue weighted by molar-refractivity contribution is 6.17. The van der Waals surface area contributed by atoms with Crippen molar-refractivity contribution in [2.24, 2.45) is 0 Å². The molecule has 0 atom stereocenters. The van der Waals surface area contributed by atoms with Gasteiger partial charge in [-0.1, -0.05) is 0 Å². The lowest BCUT2D eigenvalue weighted by atomic mass is 10.3. The van der Waals surface area contributed by atoms with E-state index in [1.54, 1.807) is 24.3 Å². The number of nitrogens with two attached hydrogens (primary N) is 1. The number of anilines is 1. The highest BCUT2D eigenvalue weighted by atomic mass is 16.5. The molecule has 0 saturated heterocycles. The second-order valence-corrected chi connectivity index (χ2v) is 1.79. The van der Waals surface area contributed by atoms with Crippen molar-refractivity contribution in [3.05, 3.63) is 24.3 Å². The number of benzene rings is 1. The van der Waals surface area contributed by atoms with Crippen LogP contribution < -0.4 is 10.4 Å². The van der Waals surface area contributed by atoms with Crippen LogP contribution in [0.1, 0.15) is 0 Å². The van der Waals surface area contributed by atoms with E-state index in [1.807, 2.05) is 0 Å². The van der Waals surface area contributed by atoms with E-state index >= 15 is 0 Å². The largest absolute Gasteiger partial charge is 0.569 e. The van der Waals surface area contributed by atoms with Crippen LogP contribution >= 0.6 is 0 Å². The van der Waals surface area contributed by atoms with Gasteiger partial charge in [0.15, 0.2) is 0 Å². The summed E-state index contributed by atoms with van der Waals surface area (Å²) < 4.78 is 4.64. The Morgan fingerprint density at radius 1 is 1.30 bits per heavy atom. The molecule has 0 unspecified atom stereocenters. The summed E-state index contributed by atoms with van der Waals surface area (Å²) in [6, 6.07) is 6.72. The van der Waals surface area contributed by atoms with Crippen LogP contribution in [0.25, 0.3) is 0 Å². The zero-order valence-corrected chi connectivity index (χ0v) is 5.32. The normalized spacial score (nSPS) is 8.90. The fourth-order valence-corrected chi connectivity index (χ4v) is 0.607. The molecule has 0 saturated carbocycles. The Morgan fingerprint density at radius 2 is 1.90 bits per heavy atom. The van der Waals surface area contributed by atoms with E-state index in [-0.39, 0.29) is 0 Å². The summed E-state index contributed by atoms with van der Waals surface area (Å²) in [6.07, 6.45) is 0. The fourth-order valence-electron chi connectivity index (χ4n) is 0.607. The predicted molar refractivity (Wildman–Crippen MR) is 39.5 cm³/mol. The molecule has 10 heavy (non-hydrogen) atoms. The Labute approximate surface area is 59.7 Å². The molecule has 1 aromatic rings. The van der Waals surface area contributed by atoms with Crippen LogP contribution in [-0.4, -0.2) is 12.7 Å². The lowest BCUT2D eigenvalue weighted by Crippen LogP contribution is -1.99. The standard InChI is InChI=1S/C6H7BNO2/c8-5-1-3-6(4-2-5)10-7-9/h1-4,9H,8H2. The first kappa shape index (κ1) is 6.96. The maximum atomic E-state index is 8.21. The molecule has 0 aliphatic heterocycles. The lowest BCUT2D eigenvalue weighted by molar-refractivity contribution is 0.454. The monoisotopic (exact) mass is 136 g/mol. The number of hydrogen-bond acceptors (Lipinski definition) is 3. The van der Waals surface area contributed by atoms with Crippen molar-refractivity contribution < 1.29 is 9.68 Å². The Morgan fingerprint density at radius 3 is 2.40 bits per heavy atom. The molecule has 3 N–H and O–H groups in total. The van der Waals surface area contributed by atoms with E-state index in [0.717, 1.165) is 0 Å². The maximum Gasteiger partial charge on any atom is 0.569 e. The molecule has 0 amide bonds. The molecular formula is C6H7BNO2. The second kappa shape index (κ2) is 3.13. The summed E-state index contributed by atoms with van der Waals surface area (Å²) in [5.41, 5.74) is 6.07. The van der Waals surface area contributed by atoms with Crippen LogP contribution in [0.3, 0.4) is 0 Å². The van der Waals surface area contributed by atoms with Gasteiger partial charge in [0, 0.05) is 5.69 Å². The van der Waals surface area contributed by atoms with Crippen molar-refractivity contribution in [3.8, 4) is 5.75 Å². The molecule has 0 heterocycles. The van der Waals surface area contributed by atoms with Crippen LogP contribution in [0, 0.1) is 0 Å². The van der Waals surface area contributed by atoms with Crippen molar-refractivity contribution in [2.45, 2.75) is 0 Å². The molecule has 1 rings (SSSR count). The minimum Gasteiger partial charge on any atom is -0.537 e. The van der Waals surface area contributed by atoms with Gasteiger partial charge in [0.25, 0.3) is 0 Å². The van der Waals surface area contributed by atoms with Gasteiger partial charge >= 0.3 is 7.69 Å². The molecular weight excluding hydrogens is 129 g/mol. The van der Waals surface area contributed by atoms with Gasteiger partial charge in [-0.05, 0) is 24.3 Å². The van der Waals surface area contributed by atoms with Crippen LogP contribution in [0.15, 0.2) is 24.3 Å². The first-order valence-corrected chi connectivity index (χ1v) is 2.81. The predicted octanol–water partition coefficient (Wildman–Crippen LogP) is 0.174. The zero-order valence-electron chi connectivity index (χ0n) is 5.32. The van der Waals surface area contributed by atoms with Gasteiger partial charge in [-0.15, -0.1) is 0 Å². The van der Waals surface area contributed by atoms with Crippen molar-refractivity contribution in [3.63, 3.8) is 0 Å². The van der Waals surface area contributed by atoms with Gasteiger partial charge in [0.1, 0.15) is 5.75 Å². The molecule has 0 aliphatic carbocycles. The van der Waals surface area contributed by atoms with Crippen molar-refractivity contribution >= 4 is 13.4 Å². The van der Waals surface area contributed by atoms with Gasteiger partial charge in [-0.25, -0.2) is 0 Å². The Hall–Kier alpha value is -1.16. The van der Waals surface area contributed by atoms with Crippen LogP contribution in [-0.2, 0) is 0 Å². The minimum atomic E-state index is 0.566. The van der Waals surface area contributed by atoms with Crippen LogP contribution in [0.5, 0.6) is 5.75 Å². The Bertz CT molecular complexity index is 199. The first-order chi connectivity index (χ1) is 4.83. The van der Waals surface area contributed by atoms with Crippen LogP contribution in [0.2, 0.25) is 0 Å². The zero-order chi connectivity index (χ0) is 7.40. The van der Waals surface area contributed by atoms with Gasteiger partial charge in [0.05, 0.1) is 0 Å². The third-order valence-corrected chi connectivity index (χ3v) is 1.07. The Balaban J connectivity index is 2.69. The molecule has 0 bridgehead atoms. The summed E-state index contributed by atoms with van der Waals surface area (Å²) >= 11 is 0. The maximum absolute atomic E-state index is 8.21. The molecule has 4 heteroatoms. The summed E-state index contributed by atoms with van der Waals surface area (Å²) in [7, 11) is 0.630. The molecule has 1 aromatic carbocycles.